The van der Waals surface area contributed by atoms with E-state index in [-0.39, 0.29) is 5.84 Å². The lowest BCUT2D eigenvalue weighted by molar-refractivity contribution is 0.538. The van der Waals surface area contributed by atoms with Crippen molar-refractivity contribution in [2.45, 2.75) is 34.1 Å². The lowest BCUT2D eigenvalue weighted by atomic mass is 10.1. The monoisotopic (exact) mass is 251 g/mol. The second-order valence-electron chi connectivity index (χ2n) is 4.87. The van der Waals surface area contributed by atoms with Crippen LogP contribution in [0.2, 0.25) is 0 Å². The van der Waals surface area contributed by atoms with Crippen LogP contribution in [0.3, 0.4) is 0 Å². The summed E-state index contributed by atoms with van der Waals surface area (Å²) in [6.07, 6.45) is 1.14. The second kappa shape index (κ2) is 5.89. The van der Waals surface area contributed by atoms with Gasteiger partial charge in [0, 0.05) is 20.1 Å². The molecule has 0 aromatic carbocycles. The first kappa shape index (κ1) is 14.5. The number of hydrogen-bond acceptors (Lipinski definition) is 3. The Morgan fingerprint density at radius 1 is 1.50 bits per heavy atom. The molecule has 1 aromatic heterocycles. The van der Waals surface area contributed by atoms with Crippen LogP contribution >= 0.6 is 0 Å². The molecule has 0 aliphatic rings. The lowest BCUT2D eigenvalue weighted by Gasteiger charge is -2.27. The van der Waals surface area contributed by atoms with Gasteiger partial charge in [-0.25, -0.2) is 0 Å². The zero-order valence-corrected chi connectivity index (χ0v) is 12.1. The fourth-order valence-corrected chi connectivity index (χ4v) is 2.19. The van der Waals surface area contributed by atoms with Gasteiger partial charge in [-0.15, -0.1) is 0 Å². The highest BCUT2D eigenvalue weighted by Crippen LogP contribution is 2.23. The van der Waals surface area contributed by atoms with Crippen LogP contribution in [0.4, 0.5) is 5.82 Å². The molecule has 5 heteroatoms. The largest absolute Gasteiger partial charge is 0.384 e. The summed E-state index contributed by atoms with van der Waals surface area (Å²) in [6.45, 7) is 10.3. The molecule has 5 nitrogen and oxygen atoms in total. The first-order valence-corrected chi connectivity index (χ1v) is 6.55. The van der Waals surface area contributed by atoms with Gasteiger partial charge in [-0.1, -0.05) is 20.3 Å². The molecule has 0 aliphatic heterocycles. The summed E-state index contributed by atoms with van der Waals surface area (Å²) in [5.74, 6) is 1.67. The molecule has 0 bridgehead atoms. The van der Waals surface area contributed by atoms with Crippen LogP contribution in [0.1, 0.15) is 38.4 Å². The van der Waals surface area contributed by atoms with Crippen LogP contribution in [-0.4, -0.2) is 28.7 Å². The average molecular weight is 251 g/mol. The topological polar surface area (TPSA) is 70.9 Å². The normalized spacial score (nSPS) is 12.5. The molecule has 18 heavy (non-hydrogen) atoms. The molecule has 0 radical (unpaired) electrons. The fourth-order valence-electron chi connectivity index (χ4n) is 2.19. The van der Waals surface area contributed by atoms with Crippen molar-refractivity contribution in [3.8, 4) is 0 Å². The van der Waals surface area contributed by atoms with E-state index in [1.165, 1.54) is 0 Å². The number of hydrogen-bond donors (Lipinski definition) is 2. The Morgan fingerprint density at radius 3 is 2.56 bits per heavy atom. The summed E-state index contributed by atoms with van der Waals surface area (Å²) in [5.41, 5.74) is 7.28. The van der Waals surface area contributed by atoms with Crippen LogP contribution in [0.5, 0.6) is 0 Å². The van der Waals surface area contributed by atoms with Crippen molar-refractivity contribution in [3.05, 3.63) is 11.3 Å². The number of anilines is 1. The Morgan fingerprint density at radius 2 is 2.11 bits per heavy atom. The number of aryl methyl sites for hydroxylation is 2. The molecule has 1 rings (SSSR count). The lowest BCUT2D eigenvalue weighted by Crippen LogP contribution is -2.31. The van der Waals surface area contributed by atoms with Crippen molar-refractivity contribution in [3.63, 3.8) is 0 Å². The Hall–Kier alpha value is -1.52. The summed E-state index contributed by atoms with van der Waals surface area (Å²) in [4.78, 5) is 2.25. The Bertz CT molecular complexity index is 421. The quantitative estimate of drug-likeness (QED) is 0.599. The molecule has 1 unspecified atom stereocenters. The van der Waals surface area contributed by atoms with E-state index in [4.69, 9.17) is 11.1 Å². The zero-order chi connectivity index (χ0) is 13.9. The third-order valence-electron chi connectivity index (χ3n) is 3.37. The maximum Gasteiger partial charge on any atom is 0.137 e. The number of nitrogens with two attached hydrogens (primary N) is 1. The predicted octanol–water partition coefficient (Wildman–Crippen LogP) is 1.88. The van der Waals surface area contributed by atoms with Gasteiger partial charge in [0.2, 0.25) is 0 Å². The molecule has 0 fully saturated rings. The van der Waals surface area contributed by atoms with E-state index in [2.05, 4.69) is 30.8 Å². The SMILES string of the molecule is CCC(C)CN(CC)c1c(C(=N)N)c(C)nn1C. The van der Waals surface area contributed by atoms with Gasteiger partial charge >= 0.3 is 0 Å². The predicted molar refractivity (Wildman–Crippen MR) is 76.3 cm³/mol. The number of rotatable bonds is 6. The van der Waals surface area contributed by atoms with Crippen molar-refractivity contribution in [1.29, 1.82) is 5.41 Å². The fraction of sp³-hybridized carbons (Fsp3) is 0.692. The van der Waals surface area contributed by atoms with Gasteiger partial charge < -0.3 is 10.6 Å². The number of aromatic nitrogens is 2. The Balaban J connectivity index is 3.16. The highest BCUT2D eigenvalue weighted by molar-refractivity contribution is 6.00. The van der Waals surface area contributed by atoms with Gasteiger partial charge in [-0.05, 0) is 19.8 Å². The van der Waals surface area contributed by atoms with Crippen LogP contribution in [-0.2, 0) is 7.05 Å². The molecule has 1 heterocycles. The number of nitrogens with zero attached hydrogens (tertiary/aromatic N) is 3. The summed E-state index contributed by atoms with van der Waals surface area (Å²) < 4.78 is 1.83. The number of amidine groups is 1. The minimum Gasteiger partial charge on any atom is -0.384 e. The van der Waals surface area contributed by atoms with Crippen LogP contribution in [0.15, 0.2) is 0 Å². The zero-order valence-electron chi connectivity index (χ0n) is 12.1. The smallest absolute Gasteiger partial charge is 0.137 e. The first-order valence-electron chi connectivity index (χ1n) is 6.55. The van der Waals surface area contributed by atoms with Gasteiger partial charge in [-0.3, -0.25) is 10.1 Å². The van der Waals surface area contributed by atoms with E-state index in [0.717, 1.165) is 36.6 Å². The third-order valence-corrected chi connectivity index (χ3v) is 3.37. The van der Waals surface area contributed by atoms with Crippen molar-refractivity contribution in [2.75, 3.05) is 18.0 Å². The molecule has 102 valence electrons. The maximum absolute atomic E-state index is 7.72. The van der Waals surface area contributed by atoms with Crippen molar-refractivity contribution in [1.82, 2.24) is 9.78 Å². The molecule has 0 spiro atoms. The van der Waals surface area contributed by atoms with E-state index in [0.29, 0.717) is 5.92 Å². The second-order valence-corrected chi connectivity index (χ2v) is 4.87. The Labute approximate surface area is 109 Å². The highest BCUT2D eigenvalue weighted by Gasteiger charge is 2.21. The summed E-state index contributed by atoms with van der Waals surface area (Å²) in [5, 5.41) is 12.1. The van der Waals surface area contributed by atoms with Gasteiger partial charge in [0.1, 0.15) is 11.7 Å². The maximum atomic E-state index is 7.72. The molecular formula is C13H25N5. The third kappa shape index (κ3) is 2.83. The molecule has 1 atom stereocenters. The van der Waals surface area contributed by atoms with Crippen LogP contribution in [0.25, 0.3) is 0 Å². The average Bonchev–Trinajstić information content (AvgIpc) is 2.60. The number of nitrogen functional groups attached to an aromatic ring is 1. The highest BCUT2D eigenvalue weighted by atomic mass is 15.4. The minimum atomic E-state index is 0.0956. The van der Waals surface area contributed by atoms with Gasteiger partial charge in [-0.2, -0.15) is 5.10 Å². The molecular weight excluding hydrogens is 226 g/mol. The Kier molecular flexibility index (Phi) is 4.76. The van der Waals surface area contributed by atoms with Crippen molar-refractivity contribution in [2.24, 2.45) is 18.7 Å². The standard InChI is InChI=1S/C13H25N5/c1-6-9(3)8-18(7-2)13-11(12(14)15)10(4)16-17(13)5/h9H,6-8H2,1-5H3,(H3,14,15). The van der Waals surface area contributed by atoms with E-state index in [9.17, 15) is 0 Å². The molecule has 1 aromatic rings. The molecule has 3 N–H and O–H groups in total. The summed E-state index contributed by atoms with van der Waals surface area (Å²) in [6, 6.07) is 0. The molecule has 0 amide bonds. The summed E-state index contributed by atoms with van der Waals surface area (Å²) >= 11 is 0. The van der Waals surface area contributed by atoms with Gasteiger partial charge in [0.05, 0.1) is 11.3 Å². The van der Waals surface area contributed by atoms with E-state index in [1.54, 1.807) is 0 Å². The van der Waals surface area contributed by atoms with E-state index in [1.807, 2.05) is 18.7 Å². The minimum absolute atomic E-state index is 0.0956. The van der Waals surface area contributed by atoms with Crippen LogP contribution < -0.4 is 10.6 Å². The van der Waals surface area contributed by atoms with Gasteiger partial charge in [0.25, 0.3) is 0 Å². The summed E-state index contributed by atoms with van der Waals surface area (Å²) in [7, 11) is 1.91. The molecule has 0 saturated heterocycles. The van der Waals surface area contributed by atoms with Crippen molar-refractivity contribution < 1.29 is 0 Å². The van der Waals surface area contributed by atoms with Gasteiger partial charge in [0.15, 0.2) is 0 Å². The molecule has 0 saturated carbocycles. The first-order chi connectivity index (χ1) is 8.42. The van der Waals surface area contributed by atoms with Crippen molar-refractivity contribution >= 4 is 11.7 Å². The molecule has 0 aliphatic carbocycles. The number of nitrogens with one attached hydrogen (secondary N) is 1. The van der Waals surface area contributed by atoms with E-state index < -0.39 is 0 Å². The van der Waals surface area contributed by atoms with E-state index >= 15 is 0 Å². The van der Waals surface area contributed by atoms with Crippen LogP contribution in [0, 0.1) is 18.3 Å².